The van der Waals surface area contributed by atoms with Crippen molar-refractivity contribution in [2.75, 3.05) is 19.7 Å². The van der Waals surface area contributed by atoms with Crippen LogP contribution in [0.5, 0.6) is 5.75 Å². The first-order valence-electron chi connectivity index (χ1n) is 10.2. The van der Waals surface area contributed by atoms with E-state index in [1.807, 2.05) is 62.4 Å². The predicted octanol–water partition coefficient (Wildman–Crippen LogP) is 4.57. The molecule has 0 unspecified atom stereocenters. The van der Waals surface area contributed by atoms with Crippen molar-refractivity contribution in [1.29, 1.82) is 0 Å². The highest BCUT2D eigenvalue weighted by Crippen LogP contribution is 2.31. The number of hydrogen-bond donors (Lipinski definition) is 1. The third kappa shape index (κ3) is 4.51. The van der Waals surface area contributed by atoms with E-state index in [0.717, 1.165) is 16.0 Å². The van der Waals surface area contributed by atoms with Crippen molar-refractivity contribution in [3.05, 3.63) is 71.0 Å². The van der Waals surface area contributed by atoms with Crippen molar-refractivity contribution in [2.24, 2.45) is 0 Å². The fraction of sp³-hybridized carbons (Fsp3) is 0.208. The summed E-state index contributed by atoms with van der Waals surface area (Å²) in [5.74, 6) is 1.05. The van der Waals surface area contributed by atoms with Crippen LogP contribution in [0.15, 0.2) is 65.5 Å². The number of nitrogens with one attached hydrogen (secondary N) is 1. The minimum Gasteiger partial charge on any atom is -0.484 e. The lowest BCUT2D eigenvalue weighted by atomic mass is 10.2. The Hall–Kier alpha value is -3.45. The predicted molar refractivity (Wildman–Crippen MR) is 125 cm³/mol. The molecule has 0 aliphatic carbocycles. The molecule has 6 nitrogen and oxygen atoms in total. The van der Waals surface area contributed by atoms with Gasteiger partial charge in [-0.2, -0.15) is 0 Å². The largest absolute Gasteiger partial charge is 0.484 e. The number of aromatic nitrogens is 2. The molecular formula is C24H23N3O3S. The van der Waals surface area contributed by atoms with Gasteiger partial charge in [0, 0.05) is 23.5 Å². The summed E-state index contributed by atoms with van der Waals surface area (Å²) in [5, 5.41) is 0.586. The molecule has 0 aliphatic rings. The molecule has 0 radical (unpaired) electrons. The molecule has 1 amide bonds. The van der Waals surface area contributed by atoms with Crippen LogP contribution in [0.4, 0.5) is 0 Å². The molecule has 2 aromatic carbocycles. The van der Waals surface area contributed by atoms with Crippen molar-refractivity contribution in [3.63, 3.8) is 0 Å². The number of fused-ring (bicyclic) bond motifs is 1. The standard InChI is InChI=1S/C24H23N3O3S/c1-3-27(4-2)21(28)15-30-18-12-10-17(11-13-18)22-25-23(29)19-14-20(31-24(19)26-22)16-8-6-5-7-9-16/h5-14H,3-4,15H2,1-2H3,(H,25,26,29). The first kappa shape index (κ1) is 20.8. The number of ether oxygens (including phenoxy) is 1. The first-order chi connectivity index (χ1) is 15.1. The van der Waals surface area contributed by atoms with Gasteiger partial charge in [0.25, 0.3) is 11.5 Å². The molecule has 0 saturated carbocycles. The van der Waals surface area contributed by atoms with Crippen LogP contribution in [0.3, 0.4) is 0 Å². The summed E-state index contributed by atoms with van der Waals surface area (Å²) in [7, 11) is 0. The number of H-pyrrole nitrogens is 1. The minimum absolute atomic E-state index is 0.000469. The van der Waals surface area contributed by atoms with Crippen molar-refractivity contribution >= 4 is 27.5 Å². The summed E-state index contributed by atoms with van der Waals surface area (Å²) in [6, 6.07) is 19.0. The summed E-state index contributed by atoms with van der Waals surface area (Å²) in [5.41, 5.74) is 1.67. The van der Waals surface area contributed by atoms with Gasteiger partial charge in [0.1, 0.15) is 16.4 Å². The van der Waals surface area contributed by atoms with Gasteiger partial charge in [-0.25, -0.2) is 4.98 Å². The molecule has 0 spiro atoms. The van der Waals surface area contributed by atoms with Crippen LogP contribution in [-0.4, -0.2) is 40.5 Å². The highest BCUT2D eigenvalue weighted by atomic mass is 32.1. The van der Waals surface area contributed by atoms with E-state index in [1.54, 1.807) is 17.0 Å². The number of hydrogen-bond acceptors (Lipinski definition) is 5. The lowest BCUT2D eigenvalue weighted by molar-refractivity contribution is -0.132. The van der Waals surface area contributed by atoms with Crippen LogP contribution in [0.1, 0.15) is 13.8 Å². The third-order valence-corrected chi connectivity index (χ3v) is 6.14. The van der Waals surface area contributed by atoms with Crippen molar-refractivity contribution < 1.29 is 9.53 Å². The Balaban J connectivity index is 1.55. The summed E-state index contributed by atoms with van der Waals surface area (Å²) in [4.78, 5) is 35.7. The Labute approximate surface area is 184 Å². The van der Waals surface area contributed by atoms with E-state index >= 15 is 0 Å². The van der Waals surface area contributed by atoms with E-state index in [-0.39, 0.29) is 18.1 Å². The number of nitrogens with zero attached hydrogens (tertiary/aromatic N) is 2. The van der Waals surface area contributed by atoms with E-state index < -0.39 is 0 Å². The quantitative estimate of drug-likeness (QED) is 0.463. The maximum absolute atomic E-state index is 12.6. The number of amides is 1. The van der Waals surface area contributed by atoms with Gasteiger partial charge in [0.15, 0.2) is 6.61 Å². The molecule has 1 N–H and O–H groups in total. The summed E-state index contributed by atoms with van der Waals surface area (Å²) in [6.45, 7) is 5.20. The molecule has 4 rings (SSSR count). The zero-order chi connectivity index (χ0) is 21.8. The van der Waals surface area contributed by atoms with E-state index in [2.05, 4.69) is 9.97 Å². The van der Waals surface area contributed by atoms with E-state index in [0.29, 0.717) is 34.9 Å². The van der Waals surface area contributed by atoms with Gasteiger partial charge in [-0.3, -0.25) is 9.59 Å². The molecule has 0 atom stereocenters. The van der Waals surface area contributed by atoms with Gasteiger partial charge in [-0.05, 0) is 49.7 Å². The molecule has 7 heteroatoms. The topological polar surface area (TPSA) is 75.3 Å². The van der Waals surface area contributed by atoms with Crippen LogP contribution in [0, 0.1) is 0 Å². The lowest BCUT2D eigenvalue weighted by Gasteiger charge is -2.18. The van der Waals surface area contributed by atoms with Crippen molar-refractivity contribution in [3.8, 4) is 27.6 Å². The van der Waals surface area contributed by atoms with Crippen molar-refractivity contribution in [1.82, 2.24) is 14.9 Å². The fourth-order valence-electron chi connectivity index (χ4n) is 3.33. The maximum Gasteiger partial charge on any atom is 0.260 e. The molecule has 0 saturated heterocycles. The molecule has 2 aromatic heterocycles. The molecule has 2 heterocycles. The Kier molecular flexibility index (Phi) is 6.13. The monoisotopic (exact) mass is 433 g/mol. The number of carbonyl (C=O) groups is 1. The number of aromatic amines is 1. The van der Waals surface area contributed by atoms with Crippen LogP contribution in [0.25, 0.3) is 32.0 Å². The van der Waals surface area contributed by atoms with Crippen LogP contribution < -0.4 is 10.3 Å². The second-order valence-corrected chi connectivity index (χ2v) is 8.02. The number of carbonyl (C=O) groups excluding carboxylic acids is 1. The second-order valence-electron chi connectivity index (χ2n) is 6.99. The first-order valence-corrected chi connectivity index (χ1v) is 11.0. The molecule has 4 aromatic rings. The van der Waals surface area contributed by atoms with Gasteiger partial charge >= 0.3 is 0 Å². The number of likely N-dealkylation sites (N-methyl/N-ethyl adjacent to an activating group) is 1. The van der Waals surface area contributed by atoms with E-state index in [9.17, 15) is 9.59 Å². The number of benzene rings is 2. The smallest absolute Gasteiger partial charge is 0.260 e. The van der Waals surface area contributed by atoms with Crippen LogP contribution in [-0.2, 0) is 4.79 Å². The van der Waals surface area contributed by atoms with E-state index in [4.69, 9.17) is 4.74 Å². The molecule has 158 valence electrons. The summed E-state index contributed by atoms with van der Waals surface area (Å²) < 4.78 is 5.61. The molecule has 0 fully saturated rings. The number of rotatable bonds is 7. The van der Waals surface area contributed by atoms with Crippen LogP contribution >= 0.6 is 11.3 Å². The SMILES string of the molecule is CCN(CC)C(=O)COc1ccc(-c2nc3sc(-c4ccccc4)cc3c(=O)[nH]2)cc1. The van der Waals surface area contributed by atoms with Crippen molar-refractivity contribution in [2.45, 2.75) is 13.8 Å². The average Bonchev–Trinajstić information content (AvgIpc) is 3.24. The van der Waals surface area contributed by atoms with E-state index in [1.165, 1.54) is 11.3 Å². The summed E-state index contributed by atoms with van der Waals surface area (Å²) >= 11 is 1.50. The Bertz CT molecular complexity index is 1240. The van der Waals surface area contributed by atoms with Gasteiger partial charge < -0.3 is 14.6 Å². The molecule has 0 bridgehead atoms. The summed E-state index contributed by atoms with van der Waals surface area (Å²) in [6.07, 6.45) is 0. The van der Waals surface area contributed by atoms with Gasteiger partial charge in [0.2, 0.25) is 0 Å². The minimum atomic E-state index is -0.163. The third-order valence-electron chi connectivity index (χ3n) is 5.07. The van der Waals surface area contributed by atoms with Crippen LogP contribution in [0.2, 0.25) is 0 Å². The fourth-order valence-corrected chi connectivity index (χ4v) is 4.37. The Morgan fingerprint density at radius 1 is 1.03 bits per heavy atom. The lowest BCUT2D eigenvalue weighted by Crippen LogP contribution is -2.34. The number of thiophene rings is 1. The van der Waals surface area contributed by atoms with Gasteiger partial charge in [-0.15, -0.1) is 11.3 Å². The molecular weight excluding hydrogens is 410 g/mol. The zero-order valence-corrected chi connectivity index (χ0v) is 18.2. The Morgan fingerprint density at radius 3 is 2.42 bits per heavy atom. The highest BCUT2D eigenvalue weighted by Gasteiger charge is 2.12. The average molecular weight is 434 g/mol. The second kappa shape index (κ2) is 9.14. The maximum atomic E-state index is 12.6. The molecule has 31 heavy (non-hydrogen) atoms. The molecule has 0 aliphatic heterocycles. The zero-order valence-electron chi connectivity index (χ0n) is 17.4. The normalized spacial score (nSPS) is 10.9. The van der Waals surface area contributed by atoms with Gasteiger partial charge in [-0.1, -0.05) is 30.3 Å². The van der Waals surface area contributed by atoms with Gasteiger partial charge in [0.05, 0.1) is 5.39 Å². The Morgan fingerprint density at radius 2 is 1.74 bits per heavy atom. The highest BCUT2D eigenvalue weighted by molar-refractivity contribution is 7.21.